The maximum atomic E-state index is 12.5. The first-order chi connectivity index (χ1) is 10.7. The quantitative estimate of drug-likeness (QED) is 0.872. The summed E-state index contributed by atoms with van der Waals surface area (Å²) in [6.45, 7) is 1.56. The number of carbonyl (C=O) groups excluding carboxylic acids is 1. The summed E-state index contributed by atoms with van der Waals surface area (Å²) < 4.78 is 1.85. The fourth-order valence-corrected chi connectivity index (χ4v) is 3.95. The van der Waals surface area contributed by atoms with Crippen LogP contribution in [0.25, 0.3) is 0 Å². The molecule has 2 saturated carbocycles. The van der Waals surface area contributed by atoms with Gasteiger partial charge in [-0.1, -0.05) is 0 Å². The summed E-state index contributed by atoms with van der Waals surface area (Å²) >= 11 is 0. The van der Waals surface area contributed by atoms with E-state index in [4.69, 9.17) is 0 Å². The Balaban J connectivity index is 1.36. The second-order valence-corrected chi connectivity index (χ2v) is 7.34. The lowest BCUT2D eigenvalue weighted by molar-refractivity contribution is -0.123. The van der Waals surface area contributed by atoms with Crippen LogP contribution in [0.4, 0.5) is 0 Å². The second kappa shape index (κ2) is 5.69. The molecule has 3 aliphatic rings. The van der Waals surface area contributed by atoms with Gasteiger partial charge in [0.15, 0.2) is 0 Å². The van der Waals surface area contributed by atoms with Crippen molar-refractivity contribution in [1.82, 2.24) is 20.0 Å². The zero-order valence-corrected chi connectivity index (χ0v) is 13.4. The third kappa shape index (κ3) is 3.05. The highest BCUT2D eigenvalue weighted by atomic mass is 16.2. The number of aryl methyl sites for hydroxylation is 1. The van der Waals surface area contributed by atoms with E-state index < -0.39 is 0 Å². The largest absolute Gasteiger partial charge is 0.352 e. The number of amides is 1. The summed E-state index contributed by atoms with van der Waals surface area (Å²) in [7, 11) is 1.95. The van der Waals surface area contributed by atoms with Crippen molar-refractivity contribution in [3.63, 3.8) is 0 Å². The summed E-state index contributed by atoms with van der Waals surface area (Å²) in [6.07, 6.45) is 11.6. The molecule has 5 nitrogen and oxygen atoms in total. The summed E-state index contributed by atoms with van der Waals surface area (Å²) in [5.74, 6) is 1.76. The van der Waals surface area contributed by atoms with Gasteiger partial charge in [0.25, 0.3) is 0 Å². The minimum absolute atomic E-state index is 0.222. The van der Waals surface area contributed by atoms with Crippen LogP contribution in [-0.4, -0.2) is 39.7 Å². The Labute approximate surface area is 132 Å². The number of nitrogens with zero attached hydrogens (tertiary/aromatic N) is 3. The van der Waals surface area contributed by atoms with Crippen LogP contribution >= 0.6 is 0 Å². The van der Waals surface area contributed by atoms with Crippen molar-refractivity contribution in [2.75, 3.05) is 13.1 Å². The first kappa shape index (κ1) is 14.2. The lowest BCUT2D eigenvalue weighted by atomic mass is 10.1. The van der Waals surface area contributed by atoms with Crippen LogP contribution in [0.1, 0.15) is 50.1 Å². The van der Waals surface area contributed by atoms with Gasteiger partial charge < -0.3 is 5.32 Å². The molecule has 0 aromatic carbocycles. The minimum Gasteiger partial charge on any atom is -0.352 e. The summed E-state index contributed by atoms with van der Waals surface area (Å²) in [5.41, 5.74) is 1.24. The van der Waals surface area contributed by atoms with Crippen LogP contribution in [0.5, 0.6) is 0 Å². The maximum absolute atomic E-state index is 12.5. The third-order valence-corrected chi connectivity index (χ3v) is 5.41. The van der Waals surface area contributed by atoms with Crippen LogP contribution in [0.15, 0.2) is 12.4 Å². The van der Waals surface area contributed by atoms with Gasteiger partial charge in [-0.2, -0.15) is 5.10 Å². The zero-order chi connectivity index (χ0) is 15.1. The number of carbonyl (C=O) groups is 1. The highest BCUT2D eigenvalue weighted by Gasteiger charge is 2.42. The number of hydrogen-bond acceptors (Lipinski definition) is 3. The predicted molar refractivity (Wildman–Crippen MR) is 84.1 cm³/mol. The Morgan fingerprint density at radius 2 is 2.05 bits per heavy atom. The molecule has 4 rings (SSSR count). The first-order valence-corrected chi connectivity index (χ1v) is 8.72. The second-order valence-electron chi connectivity index (χ2n) is 7.34. The lowest BCUT2D eigenvalue weighted by Crippen LogP contribution is -2.43. The average molecular weight is 302 g/mol. The highest BCUT2D eigenvalue weighted by Crippen LogP contribution is 2.44. The van der Waals surface area contributed by atoms with Gasteiger partial charge in [-0.3, -0.25) is 14.4 Å². The average Bonchev–Trinajstić information content (AvgIpc) is 3.41. The number of aromatic nitrogens is 2. The fraction of sp³-hybridized carbons (Fsp3) is 0.765. The fourth-order valence-electron chi connectivity index (χ4n) is 3.95. The standard InChI is InChI=1S/C17H26N4O/c1-20-10-14(9-18-20)15-3-2-8-21(15)11-16(22)19-17(12-4-5-12)13-6-7-13/h9-10,12-13,15,17H,2-8,11H2,1H3,(H,19,22). The van der Waals surface area contributed by atoms with E-state index in [-0.39, 0.29) is 5.91 Å². The molecule has 5 heteroatoms. The molecule has 120 valence electrons. The van der Waals surface area contributed by atoms with E-state index in [0.29, 0.717) is 18.6 Å². The molecule has 3 fully saturated rings. The Morgan fingerprint density at radius 1 is 1.32 bits per heavy atom. The number of hydrogen-bond donors (Lipinski definition) is 1. The molecule has 2 aliphatic carbocycles. The van der Waals surface area contributed by atoms with Crippen molar-refractivity contribution in [2.24, 2.45) is 18.9 Å². The summed E-state index contributed by atoms with van der Waals surface area (Å²) in [4.78, 5) is 14.8. The van der Waals surface area contributed by atoms with E-state index in [1.54, 1.807) is 0 Å². The van der Waals surface area contributed by atoms with Crippen molar-refractivity contribution in [3.05, 3.63) is 18.0 Å². The van der Waals surface area contributed by atoms with Crippen LogP contribution in [0.3, 0.4) is 0 Å². The molecule has 1 aromatic rings. The van der Waals surface area contributed by atoms with Gasteiger partial charge >= 0.3 is 0 Å². The molecule has 1 saturated heterocycles. The van der Waals surface area contributed by atoms with Crippen molar-refractivity contribution < 1.29 is 4.79 Å². The molecule has 0 spiro atoms. The Hall–Kier alpha value is -1.36. The monoisotopic (exact) mass is 302 g/mol. The van der Waals surface area contributed by atoms with Crippen molar-refractivity contribution in [2.45, 2.75) is 50.6 Å². The SMILES string of the molecule is Cn1cc(C2CCCN2CC(=O)NC(C2CC2)C2CC2)cn1. The van der Waals surface area contributed by atoms with E-state index in [1.165, 1.54) is 37.7 Å². The first-order valence-electron chi connectivity index (χ1n) is 8.72. The van der Waals surface area contributed by atoms with Gasteiger partial charge in [0.1, 0.15) is 0 Å². The zero-order valence-electron chi connectivity index (χ0n) is 13.4. The van der Waals surface area contributed by atoms with E-state index in [0.717, 1.165) is 24.8 Å². The van der Waals surface area contributed by atoms with Gasteiger partial charge in [-0.25, -0.2) is 0 Å². The van der Waals surface area contributed by atoms with E-state index >= 15 is 0 Å². The molecule has 0 radical (unpaired) electrons. The van der Waals surface area contributed by atoms with Gasteiger partial charge in [0.2, 0.25) is 5.91 Å². The van der Waals surface area contributed by atoms with Crippen LogP contribution < -0.4 is 5.32 Å². The number of nitrogens with one attached hydrogen (secondary N) is 1. The molecule has 0 bridgehead atoms. The van der Waals surface area contributed by atoms with E-state index in [9.17, 15) is 4.79 Å². The number of rotatable bonds is 6. The van der Waals surface area contributed by atoms with Gasteiger partial charge in [0, 0.05) is 30.9 Å². The molecule has 1 amide bonds. The summed E-state index contributed by atoms with van der Waals surface area (Å²) in [5, 5.41) is 7.62. The van der Waals surface area contributed by atoms with E-state index in [2.05, 4.69) is 21.5 Å². The van der Waals surface area contributed by atoms with Crippen LogP contribution in [0.2, 0.25) is 0 Å². The predicted octanol–water partition coefficient (Wildman–Crippen LogP) is 1.86. The maximum Gasteiger partial charge on any atom is 0.234 e. The molecular formula is C17H26N4O. The van der Waals surface area contributed by atoms with Gasteiger partial charge in [0.05, 0.1) is 12.7 Å². The smallest absolute Gasteiger partial charge is 0.234 e. The molecule has 1 aliphatic heterocycles. The van der Waals surface area contributed by atoms with E-state index in [1.807, 2.05) is 17.9 Å². The van der Waals surface area contributed by atoms with Gasteiger partial charge in [-0.05, 0) is 56.9 Å². The molecule has 22 heavy (non-hydrogen) atoms. The highest BCUT2D eigenvalue weighted by molar-refractivity contribution is 5.78. The minimum atomic E-state index is 0.222. The molecule has 1 aromatic heterocycles. The van der Waals surface area contributed by atoms with Crippen molar-refractivity contribution >= 4 is 5.91 Å². The number of likely N-dealkylation sites (tertiary alicyclic amines) is 1. The van der Waals surface area contributed by atoms with Gasteiger partial charge in [-0.15, -0.1) is 0 Å². The van der Waals surface area contributed by atoms with Crippen LogP contribution in [0, 0.1) is 11.8 Å². The Bertz CT molecular complexity index is 535. The topological polar surface area (TPSA) is 50.2 Å². The normalized spacial score (nSPS) is 25.8. The van der Waals surface area contributed by atoms with Crippen molar-refractivity contribution in [1.29, 1.82) is 0 Å². The third-order valence-electron chi connectivity index (χ3n) is 5.41. The molecule has 1 unspecified atom stereocenters. The summed E-state index contributed by atoms with van der Waals surface area (Å²) in [6, 6.07) is 0.826. The molecule has 2 heterocycles. The Kier molecular flexibility index (Phi) is 3.68. The Morgan fingerprint density at radius 3 is 2.64 bits per heavy atom. The van der Waals surface area contributed by atoms with Crippen LogP contribution in [-0.2, 0) is 11.8 Å². The molecule has 1 atom stereocenters. The van der Waals surface area contributed by atoms with Crippen molar-refractivity contribution in [3.8, 4) is 0 Å². The molecular weight excluding hydrogens is 276 g/mol. The lowest BCUT2D eigenvalue weighted by Gasteiger charge is -2.25. The molecule has 1 N–H and O–H groups in total.